The summed E-state index contributed by atoms with van der Waals surface area (Å²) >= 11 is 4.22. The lowest BCUT2D eigenvalue weighted by Crippen LogP contribution is -2.65. The van der Waals surface area contributed by atoms with Crippen molar-refractivity contribution in [2.75, 3.05) is 7.11 Å². The minimum absolute atomic E-state index is 0.00373. The number of allylic oxidation sites excluding steroid dienone is 2. The smallest absolute Gasteiger partial charge is 0.312 e. The first-order valence-electron chi connectivity index (χ1n) is 15.1. The van der Waals surface area contributed by atoms with Crippen LogP contribution < -0.4 is 0 Å². The molecule has 0 bridgehead atoms. The number of carbonyl (C=O) groups is 2. The number of ether oxygens (including phenoxy) is 2. The fourth-order valence-electron chi connectivity index (χ4n) is 11.2. The summed E-state index contributed by atoms with van der Waals surface area (Å²) < 4.78 is 12.8. The van der Waals surface area contributed by atoms with E-state index in [2.05, 4.69) is 64.4 Å². The Balaban J connectivity index is 1.60. The molecule has 0 spiro atoms. The summed E-state index contributed by atoms with van der Waals surface area (Å²) in [6.07, 6.45) is 10.5. The monoisotopic (exact) mass is 590 g/mol. The van der Waals surface area contributed by atoms with E-state index in [1.165, 1.54) is 17.3 Å². The van der Waals surface area contributed by atoms with Gasteiger partial charge in [0.25, 0.3) is 0 Å². The van der Waals surface area contributed by atoms with E-state index >= 15 is 0 Å². The molecule has 0 amide bonds. The first-order chi connectivity index (χ1) is 17.5. The second kappa shape index (κ2) is 8.83. The van der Waals surface area contributed by atoms with Gasteiger partial charge in [-0.1, -0.05) is 64.4 Å². The van der Waals surface area contributed by atoms with Crippen LogP contribution in [0.4, 0.5) is 0 Å². The number of halogens is 1. The van der Waals surface area contributed by atoms with Crippen molar-refractivity contribution >= 4 is 27.9 Å². The van der Waals surface area contributed by atoms with Crippen LogP contribution in [0.15, 0.2) is 10.1 Å². The Labute approximate surface area is 239 Å². The largest absolute Gasteiger partial charge is 0.469 e. The SMILES string of the molecule is COC(=O)[C@]12CCC(C)(C)CC1C1=C(Br)CC3[C@@]4(C)CC[C@H](OC(C)=O)C(C)(C)C4CC[C@@]3(C)[C@]1(C)CC2. The number of esters is 2. The van der Waals surface area contributed by atoms with Gasteiger partial charge in [0.05, 0.1) is 12.5 Å². The highest BCUT2D eigenvalue weighted by atomic mass is 79.9. The van der Waals surface area contributed by atoms with Crippen molar-refractivity contribution in [3.05, 3.63) is 10.1 Å². The quantitative estimate of drug-likeness (QED) is 0.302. The van der Waals surface area contributed by atoms with Gasteiger partial charge in [0.1, 0.15) is 6.10 Å². The molecule has 8 atom stereocenters. The second-order valence-electron chi connectivity index (χ2n) is 15.9. The van der Waals surface area contributed by atoms with E-state index < -0.39 is 0 Å². The Kier molecular flexibility index (Phi) is 6.66. The topological polar surface area (TPSA) is 52.6 Å². The Bertz CT molecular complexity index is 1060. The standard InChI is InChI=1S/C33H51BrO4/c1-20(35)38-25-11-12-30(6)23(29(25,4)5)10-13-31(7)24(30)18-22(34)26-21-19-28(2,3)14-16-33(21,27(36)37-9)17-15-32(26,31)8/h21,23-25H,10-19H2,1-9H3/t21?,23?,24?,25-,30-,31+,32+,33-/m0/s1. The summed E-state index contributed by atoms with van der Waals surface area (Å²) in [7, 11) is 1.58. The predicted molar refractivity (Wildman–Crippen MR) is 154 cm³/mol. The van der Waals surface area contributed by atoms with Crippen LogP contribution in [0.2, 0.25) is 0 Å². The molecule has 0 saturated heterocycles. The number of hydrogen-bond donors (Lipinski definition) is 0. The zero-order chi connectivity index (χ0) is 28.1. The predicted octanol–water partition coefficient (Wildman–Crippen LogP) is 8.62. The van der Waals surface area contributed by atoms with E-state index in [4.69, 9.17) is 9.47 Å². The molecule has 0 N–H and O–H groups in total. The minimum atomic E-state index is -0.382. The molecular formula is C33H51BrO4. The van der Waals surface area contributed by atoms with Crippen LogP contribution in [0.1, 0.15) is 120 Å². The molecule has 4 fully saturated rings. The summed E-state index contributed by atoms with van der Waals surface area (Å²) in [4.78, 5) is 25.5. The third kappa shape index (κ3) is 3.71. The molecule has 4 saturated carbocycles. The molecule has 5 heteroatoms. The van der Waals surface area contributed by atoms with Gasteiger partial charge in [0.2, 0.25) is 0 Å². The van der Waals surface area contributed by atoms with E-state index in [1.54, 1.807) is 19.6 Å². The highest BCUT2D eigenvalue weighted by molar-refractivity contribution is 9.11. The maximum Gasteiger partial charge on any atom is 0.312 e. The number of fused-ring (bicyclic) bond motifs is 7. The van der Waals surface area contributed by atoms with Crippen molar-refractivity contribution in [1.29, 1.82) is 0 Å². The van der Waals surface area contributed by atoms with Crippen LogP contribution in [-0.4, -0.2) is 25.2 Å². The second-order valence-corrected chi connectivity index (χ2v) is 16.9. The van der Waals surface area contributed by atoms with E-state index in [0.29, 0.717) is 11.8 Å². The van der Waals surface area contributed by atoms with Gasteiger partial charge >= 0.3 is 11.9 Å². The molecule has 5 aliphatic rings. The Morgan fingerprint density at radius 3 is 2.16 bits per heavy atom. The van der Waals surface area contributed by atoms with Crippen LogP contribution in [0.3, 0.4) is 0 Å². The van der Waals surface area contributed by atoms with Crippen molar-refractivity contribution in [1.82, 2.24) is 0 Å². The van der Waals surface area contributed by atoms with Gasteiger partial charge in [0, 0.05) is 12.3 Å². The van der Waals surface area contributed by atoms with Crippen LogP contribution >= 0.6 is 15.9 Å². The maximum absolute atomic E-state index is 13.5. The average molecular weight is 592 g/mol. The molecule has 4 nitrogen and oxygen atoms in total. The molecule has 0 aromatic carbocycles. The molecule has 3 unspecified atom stereocenters. The fourth-order valence-corrected chi connectivity index (χ4v) is 12.3. The lowest BCUT2D eigenvalue weighted by molar-refractivity contribution is -0.213. The van der Waals surface area contributed by atoms with Crippen molar-refractivity contribution in [3.63, 3.8) is 0 Å². The number of methoxy groups -OCH3 is 1. The minimum Gasteiger partial charge on any atom is -0.469 e. The van der Waals surface area contributed by atoms with Gasteiger partial charge in [-0.3, -0.25) is 9.59 Å². The highest BCUT2D eigenvalue weighted by Gasteiger charge is 2.70. The number of hydrogen-bond acceptors (Lipinski definition) is 4. The third-order valence-electron chi connectivity index (χ3n) is 13.5. The van der Waals surface area contributed by atoms with Gasteiger partial charge in [0.15, 0.2) is 0 Å². The highest BCUT2D eigenvalue weighted by Crippen LogP contribution is 2.77. The Hall–Kier alpha value is -0.840. The number of rotatable bonds is 2. The molecule has 5 rings (SSSR count). The van der Waals surface area contributed by atoms with Crippen molar-refractivity contribution in [2.24, 2.45) is 50.2 Å². The summed E-state index contributed by atoms with van der Waals surface area (Å²) in [5, 5.41) is 0. The molecule has 5 aliphatic carbocycles. The summed E-state index contributed by atoms with van der Waals surface area (Å²) in [6, 6.07) is 0. The van der Waals surface area contributed by atoms with Crippen molar-refractivity contribution in [2.45, 2.75) is 126 Å². The number of carbonyl (C=O) groups excluding carboxylic acids is 2. The van der Waals surface area contributed by atoms with E-state index in [0.717, 1.165) is 51.4 Å². The zero-order valence-electron chi connectivity index (χ0n) is 25.4. The van der Waals surface area contributed by atoms with Crippen LogP contribution in [0.25, 0.3) is 0 Å². The summed E-state index contributed by atoms with van der Waals surface area (Å²) in [6.45, 7) is 18.7. The van der Waals surface area contributed by atoms with Gasteiger partial charge in [-0.2, -0.15) is 0 Å². The third-order valence-corrected chi connectivity index (χ3v) is 14.3. The summed E-state index contributed by atoms with van der Waals surface area (Å²) in [5.41, 5.74) is 1.75. The van der Waals surface area contributed by atoms with Gasteiger partial charge in [-0.25, -0.2) is 0 Å². The summed E-state index contributed by atoms with van der Waals surface area (Å²) in [5.74, 6) is 1.17. The van der Waals surface area contributed by atoms with Gasteiger partial charge in [-0.05, 0) is 114 Å². The molecule has 0 heterocycles. The lowest BCUT2D eigenvalue weighted by atomic mass is 9.33. The Morgan fingerprint density at radius 2 is 1.53 bits per heavy atom. The van der Waals surface area contributed by atoms with E-state index in [-0.39, 0.29) is 56.5 Å². The lowest BCUT2D eigenvalue weighted by Gasteiger charge is -2.71. The van der Waals surface area contributed by atoms with Crippen LogP contribution in [0, 0.1) is 50.2 Å². The first-order valence-corrected chi connectivity index (χ1v) is 15.9. The Morgan fingerprint density at radius 1 is 0.868 bits per heavy atom. The van der Waals surface area contributed by atoms with Crippen LogP contribution in [-0.2, 0) is 19.1 Å². The zero-order valence-corrected chi connectivity index (χ0v) is 27.0. The molecule has 0 aromatic heterocycles. The molecule has 0 radical (unpaired) electrons. The van der Waals surface area contributed by atoms with Gasteiger partial charge in [-0.15, -0.1) is 0 Å². The van der Waals surface area contributed by atoms with Gasteiger partial charge < -0.3 is 9.47 Å². The molecule has 0 aromatic rings. The molecule has 38 heavy (non-hydrogen) atoms. The maximum atomic E-state index is 13.5. The van der Waals surface area contributed by atoms with E-state index in [9.17, 15) is 9.59 Å². The molecular weight excluding hydrogens is 540 g/mol. The van der Waals surface area contributed by atoms with Crippen molar-refractivity contribution in [3.8, 4) is 0 Å². The average Bonchev–Trinajstić information content (AvgIpc) is 2.81. The van der Waals surface area contributed by atoms with Crippen molar-refractivity contribution < 1.29 is 19.1 Å². The van der Waals surface area contributed by atoms with Crippen LogP contribution in [0.5, 0.6) is 0 Å². The first kappa shape index (κ1) is 28.7. The molecule has 214 valence electrons. The normalized spacial score (nSPS) is 47.1. The fraction of sp³-hybridized carbons (Fsp3) is 0.879. The van der Waals surface area contributed by atoms with E-state index in [1.807, 2.05) is 0 Å². The molecule has 0 aliphatic heterocycles.